The number of ether oxygens (including phenoxy) is 1. The van der Waals surface area contributed by atoms with Crippen molar-refractivity contribution in [2.24, 2.45) is 0 Å². The summed E-state index contributed by atoms with van der Waals surface area (Å²) in [6.45, 7) is 0. The van der Waals surface area contributed by atoms with Crippen LogP contribution in [0.1, 0.15) is 5.56 Å². The Morgan fingerprint density at radius 1 is 0.941 bits per heavy atom. The predicted octanol–water partition coefficient (Wildman–Crippen LogP) is 3.72. The van der Waals surface area contributed by atoms with Crippen LogP contribution in [-0.2, 0) is 0 Å². The molecule has 0 heterocycles. The largest absolute Gasteiger partial charge is 0.445 e. The van der Waals surface area contributed by atoms with Crippen LogP contribution in [0.15, 0.2) is 48.5 Å². The van der Waals surface area contributed by atoms with Crippen LogP contribution in [0.25, 0.3) is 0 Å². The van der Waals surface area contributed by atoms with Crippen molar-refractivity contribution in [2.45, 2.75) is 0 Å². The molecule has 4 heteroatoms. The maximum atomic E-state index is 12.9. The molecule has 0 radical (unpaired) electrons. The van der Waals surface area contributed by atoms with E-state index in [0.29, 0.717) is 5.56 Å². The van der Waals surface area contributed by atoms with Crippen LogP contribution in [-0.4, -0.2) is 5.05 Å². The van der Waals surface area contributed by atoms with E-state index in [1.54, 1.807) is 24.3 Å². The fourth-order valence-electron chi connectivity index (χ4n) is 1.33. The molecule has 0 amide bonds. The molecule has 0 spiro atoms. The fraction of sp³-hybridized carbons (Fsp3) is 0. The van der Waals surface area contributed by atoms with Crippen molar-refractivity contribution in [1.29, 1.82) is 0 Å². The molecule has 0 aliphatic carbocycles. The maximum absolute atomic E-state index is 12.9. The molecule has 0 atom stereocenters. The monoisotopic (exact) mass is 250 g/mol. The Bertz CT molecular complexity index is 520. The van der Waals surface area contributed by atoms with Crippen LogP contribution in [0.3, 0.4) is 0 Å². The summed E-state index contributed by atoms with van der Waals surface area (Å²) in [5.74, 6) is -1.34. The summed E-state index contributed by atoms with van der Waals surface area (Å²) in [7, 11) is 0. The third-order valence-electron chi connectivity index (χ3n) is 2.06. The lowest BCUT2D eigenvalue weighted by atomic mass is 10.2. The fourth-order valence-corrected chi connectivity index (χ4v) is 1.56. The zero-order chi connectivity index (χ0) is 12.3. The SMILES string of the molecule is Fc1cc(F)cc(OC(=S)c2ccccc2)c1. The van der Waals surface area contributed by atoms with E-state index < -0.39 is 11.6 Å². The zero-order valence-electron chi connectivity index (χ0n) is 8.69. The number of rotatable bonds is 2. The van der Waals surface area contributed by atoms with Crippen molar-refractivity contribution in [3.8, 4) is 5.75 Å². The van der Waals surface area contributed by atoms with E-state index >= 15 is 0 Å². The summed E-state index contributed by atoms with van der Waals surface area (Å²) in [5, 5.41) is 0.176. The zero-order valence-corrected chi connectivity index (χ0v) is 9.51. The van der Waals surface area contributed by atoms with Gasteiger partial charge in [-0.05, 0) is 12.2 Å². The van der Waals surface area contributed by atoms with Crippen LogP contribution < -0.4 is 4.74 Å². The third-order valence-corrected chi connectivity index (χ3v) is 2.38. The van der Waals surface area contributed by atoms with Gasteiger partial charge < -0.3 is 4.74 Å². The molecule has 0 saturated heterocycles. The second kappa shape index (κ2) is 5.01. The molecular weight excluding hydrogens is 242 g/mol. The highest BCUT2D eigenvalue weighted by atomic mass is 32.1. The second-order valence-electron chi connectivity index (χ2n) is 3.36. The number of hydrogen-bond donors (Lipinski definition) is 0. The maximum Gasteiger partial charge on any atom is 0.198 e. The van der Waals surface area contributed by atoms with Crippen LogP contribution in [0, 0.1) is 11.6 Å². The van der Waals surface area contributed by atoms with Gasteiger partial charge in [0.25, 0.3) is 0 Å². The minimum atomic E-state index is -0.698. The summed E-state index contributed by atoms with van der Waals surface area (Å²) in [4.78, 5) is 0. The Morgan fingerprint density at radius 3 is 2.12 bits per heavy atom. The van der Waals surface area contributed by atoms with E-state index in [2.05, 4.69) is 0 Å². The molecule has 0 saturated carbocycles. The van der Waals surface area contributed by atoms with Crippen molar-refractivity contribution < 1.29 is 13.5 Å². The van der Waals surface area contributed by atoms with Gasteiger partial charge in [-0.25, -0.2) is 8.78 Å². The molecular formula is C13H8F2OS. The summed E-state index contributed by atoms with van der Waals surface area (Å²) in [6, 6.07) is 11.9. The van der Waals surface area contributed by atoms with E-state index in [-0.39, 0.29) is 10.8 Å². The van der Waals surface area contributed by atoms with Crippen molar-refractivity contribution in [1.82, 2.24) is 0 Å². The molecule has 0 bridgehead atoms. The Morgan fingerprint density at radius 2 is 1.53 bits per heavy atom. The van der Waals surface area contributed by atoms with Gasteiger partial charge in [0, 0.05) is 23.8 Å². The van der Waals surface area contributed by atoms with Crippen LogP contribution in [0.4, 0.5) is 8.78 Å². The van der Waals surface area contributed by atoms with Gasteiger partial charge in [0.15, 0.2) is 5.05 Å². The molecule has 0 aliphatic rings. The van der Waals surface area contributed by atoms with Gasteiger partial charge in [-0.2, -0.15) is 0 Å². The number of hydrogen-bond acceptors (Lipinski definition) is 2. The van der Waals surface area contributed by atoms with Crippen LogP contribution in [0.2, 0.25) is 0 Å². The number of halogens is 2. The first kappa shape index (κ1) is 11.7. The normalized spacial score (nSPS) is 10.0. The molecule has 0 aromatic heterocycles. The second-order valence-corrected chi connectivity index (χ2v) is 3.73. The van der Waals surface area contributed by atoms with Crippen LogP contribution in [0.5, 0.6) is 5.75 Å². The quantitative estimate of drug-likeness (QED) is 0.751. The molecule has 1 nitrogen and oxygen atoms in total. The van der Waals surface area contributed by atoms with Gasteiger partial charge >= 0.3 is 0 Å². The third kappa shape index (κ3) is 3.07. The highest BCUT2D eigenvalue weighted by Gasteiger charge is 2.06. The first-order valence-electron chi connectivity index (χ1n) is 4.88. The van der Waals surface area contributed by atoms with E-state index in [9.17, 15) is 8.78 Å². The molecule has 2 aromatic rings. The van der Waals surface area contributed by atoms with Crippen LogP contribution >= 0.6 is 12.2 Å². The first-order valence-corrected chi connectivity index (χ1v) is 5.29. The molecule has 0 N–H and O–H groups in total. The summed E-state index contributed by atoms with van der Waals surface area (Å²) in [6.07, 6.45) is 0. The lowest BCUT2D eigenvalue weighted by Crippen LogP contribution is -2.07. The Balaban J connectivity index is 2.19. The summed E-state index contributed by atoms with van der Waals surface area (Å²) in [5.41, 5.74) is 0.687. The Hall–Kier alpha value is -1.81. The molecule has 2 aromatic carbocycles. The smallest absolute Gasteiger partial charge is 0.198 e. The van der Waals surface area contributed by atoms with Crippen molar-refractivity contribution in [3.05, 3.63) is 65.7 Å². The lowest BCUT2D eigenvalue weighted by Gasteiger charge is -2.07. The molecule has 2 rings (SSSR count). The predicted molar refractivity (Wildman–Crippen MR) is 65.1 cm³/mol. The van der Waals surface area contributed by atoms with E-state index in [1.807, 2.05) is 6.07 Å². The topological polar surface area (TPSA) is 9.23 Å². The molecule has 0 aliphatic heterocycles. The average Bonchev–Trinajstić information content (AvgIpc) is 2.28. The molecule has 17 heavy (non-hydrogen) atoms. The Kier molecular flexibility index (Phi) is 3.44. The highest BCUT2D eigenvalue weighted by molar-refractivity contribution is 7.80. The van der Waals surface area contributed by atoms with Gasteiger partial charge in [0.1, 0.15) is 17.4 Å². The van der Waals surface area contributed by atoms with Gasteiger partial charge in [0.05, 0.1) is 0 Å². The van der Waals surface area contributed by atoms with Gasteiger partial charge in [0.2, 0.25) is 0 Å². The minimum absolute atomic E-state index is 0.0522. The highest BCUT2D eigenvalue weighted by Crippen LogP contribution is 2.17. The van der Waals surface area contributed by atoms with E-state index in [4.69, 9.17) is 17.0 Å². The van der Waals surface area contributed by atoms with E-state index in [1.165, 1.54) is 0 Å². The van der Waals surface area contributed by atoms with Gasteiger partial charge in [-0.15, -0.1) is 0 Å². The van der Waals surface area contributed by atoms with Gasteiger partial charge in [-0.1, -0.05) is 30.3 Å². The average molecular weight is 250 g/mol. The summed E-state index contributed by atoms with van der Waals surface area (Å²) >= 11 is 5.02. The number of benzene rings is 2. The number of thiocarbonyl (C=S) groups is 1. The Labute approximate surface area is 103 Å². The standard InChI is InChI=1S/C13H8F2OS/c14-10-6-11(15)8-12(7-10)16-13(17)9-4-2-1-3-5-9/h1-8H. The first-order chi connectivity index (χ1) is 8.15. The van der Waals surface area contributed by atoms with Crippen molar-refractivity contribution in [2.75, 3.05) is 0 Å². The summed E-state index contributed by atoms with van der Waals surface area (Å²) < 4.78 is 31.0. The molecule has 0 unspecified atom stereocenters. The minimum Gasteiger partial charge on any atom is -0.445 e. The van der Waals surface area contributed by atoms with Crippen molar-refractivity contribution >= 4 is 17.3 Å². The lowest BCUT2D eigenvalue weighted by molar-refractivity contribution is 0.529. The van der Waals surface area contributed by atoms with Gasteiger partial charge in [-0.3, -0.25) is 0 Å². The molecule has 86 valence electrons. The molecule has 0 fully saturated rings. The van der Waals surface area contributed by atoms with Crippen molar-refractivity contribution in [3.63, 3.8) is 0 Å². The van der Waals surface area contributed by atoms with E-state index in [0.717, 1.165) is 18.2 Å².